The first kappa shape index (κ1) is 13.9. The number of hydrogen-bond acceptors (Lipinski definition) is 5. The number of aryl methyl sites for hydroxylation is 1. The van der Waals surface area contributed by atoms with Crippen LogP contribution in [0.3, 0.4) is 0 Å². The van der Waals surface area contributed by atoms with Gasteiger partial charge in [0.15, 0.2) is 5.16 Å². The van der Waals surface area contributed by atoms with Crippen LogP contribution in [-0.2, 0) is 0 Å². The summed E-state index contributed by atoms with van der Waals surface area (Å²) in [6.45, 7) is 2.08. The van der Waals surface area contributed by atoms with Crippen LogP contribution in [0.25, 0.3) is 0 Å². The summed E-state index contributed by atoms with van der Waals surface area (Å²) in [5.41, 5.74) is 0.140. The fourth-order valence-electron chi connectivity index (χ4n) is 1.30. The number of rotatable bonds is 5. The van der Waals surface area contributed by atoms with Gasteiger partial charge in [0.1, 0.15) is 11.4 Å². The number of H-pyrrole nitrogens is 1. The lowest BCUT2D eigenvalue weighted by molar-refractivity contribution is 0.344. The molecule has 1 N–H and O–H groups in total. The SMILES string of the molecule is Cc1nnc(SCCOc2ccccc2Cl)[nH]c1=O. The maximum absolute atomic E-state index is 11.3. The molecule has 0 saturated heterocycles. The van der Waals surface area contributed by atoms with E-state index in [0.717, 1.165) is 0 Å². The molecule has 0 fully saturated rings. The molecule has 1 aromatic carbocycles. The van der Waals surface area contributed by atoms with Crippen LogP contribution in [0, 0.1) is 6.92 Å². The van der Waals surface area contributed by atoms with E-state index < -0.39 is 0 Å². The average Bonchev–Trinajstić information content (AvgIpc) is 2.40. The van der Waals surface area contributed by atoms with Gasteiger partial charge in [-0.1, -0.05) is 35.5 Å². The van der Waals surface area contributed by atoms with Gasteiger partial charge in [-0.05, 0) is 19.1 Å². The lowest BCUT2D eigenvalue weighted by atomic mass is 10.3. The number of para-hydroxylation sites is 1. The van der Waals surface area contributed by atoms with E-state index in [0.29, 0.717) is 34.0 Å². The first-order chi connectivity index (χ1) is 9.16. The molecule has 7 heteroatoms. The molecule has 0 spiro atoms. The standard InChI is InChI=1S/C12H12ClN3O2S/c1-8-11(17)14-12(16-15-8)19-7-6-18-10-5-3-2-4-9(10)13/h2-5H,6-7H2,1H3,(H,14,16,17). The van der Waals surface area contributed by atoms with Crippen LogP contribution in [0.5, 0.6) is 5.75 Å². The van der Waals surface area contributed by atoms with E-state index in [9.17, 15) is 4.79 Å². The number of aromatic amines is 1. The van der Waals surface area contributed by atoms with Crippen molar-refractivity contribution in [1.29, 1.82) is 0 Å². The third-order valence-electron chi connectivity index (χ3n) is 2.26. The fourth-order valence-corrected chi connectivity index (χ4v) is 2.11. The molecule has 2 aromatic rings. The lowest BCUT2D eigenvalue weighted by Gasteiger charge is -2.06. The zero-order chi connectivity index (χ0) is 13.7. The molecule has 0 amide bonds. The third kappa shape index (κ3) is 3.97. The van der Waals surface area contributed by atoms with E-state index in [1.807, 2.05) is 12.1 Å². The van der Waals surface area contributed by atoms with Crippen molar-refractivity contribution in [1.82, 2.24) is 15.2 Å². The Morgan fingerprint density at radius 2 is 2.16 bits per heavy atom. The number of nitrogens with zero attached hydrogens (tertiary/aromatic N) is 2. The molecule has 5 nitrogen and oxygen atoms in total. The molecule has 19 heavy (non-hydrogen) atoms. The smallest absolute Gasteiger partial charge is 0.273 e. The summed E-state index contributed by atoms with van der Waals surface area (Å²) in [6, 6.07) is 7.28. The Labute approximate surface area is 119 Å². The Morgan fingerprint density at radius 1 is 1.37 bits per heavy atom. The van der Waals surface area contributed by atoms with Crippen LogP contribution in [0.15, 0.2) is 34.2 Å². The minimum absolute atomic E-state index is 0.218. The summed E-state index contributed by atoms with van der Waals surface area (Å²) in [4.78, 5) is 14.0. The van der Waals surface area contributed by atoms with Crippen molar-refractivity contribution < 1.29 is 4.74 Å². The molecule has 1 heterocycles. The van der Waals surface area contributed by atoms with E-state index >= 15 is 0 Å². The van der Waals surface area contributed by atoms with Crippen LogP contribution >= 0.6 is 23.4 Å². The first-order valence-electron chi connectivity index (χ1n) is 5.60. The highest BCUT2D eigenvalue weighted by Gasteiger charge is 2.02. The van der Waals surface area contributed by atoms with E-state index in [1.54, 1.807) is 19.1 Å². The van der Waals surface area contributed by atoms with Crippen molar-refractivity contribution in [3.63, 3.8) is 0 Å². The number of halogens is 1. The summed E-state index contributed by atoms with van der Waals surface area (Å²) in [5, 5.41) is 8.69. The van der Waals surface area contributed by atoms with Crippen LogP contribution < -0.4 is 10.3 Å². The third-order valence-corrected chi connectivity index (χ3v) is 3.40. The number of benzene rings is 1. The van der Waals surface area contributed by atoms with Crippen LogP contribution in [-0.4, -0.2) is 27.5 Å². The molecule has 0 bridgehead atoms. The van der Waals surface area contributed by atoms with Crippen molar-refractivity contribution in [2.75, 3.05) is 12.4 Å². The normalized spacial score (nSPS) is 10.4. The highest BCUT2D eigenvalue weighted by molar-refractivity contribution is 7.99. The maximum atomic E-state index is 11.3. The van der Waals surface area contributed by atoms with Gasteiger partial charge in [-0.2, -0.15) is 0 Å². The molecule has 0 aliphatic carbocycles. The second-order valence-corrected chi connectivity index (χ2v) is 5.16. The summed E-state index contributed by atoms with van der Waals surface area (Å²) in [5.74, 6) is 1.28. The molecule has 0 saturated carbocycles. The van der Waals surface area contributed by atoms with Crippen molar-refractivity contribution >= 4 is 23.4 Å². The molecule has 1 aromatic heterocycles. The number of aromatic nitrogens is 3. The van der Waals surface area contributed by atoms with E-state index in [4.69, 9.17) is 16.3 Å². The van der Waals surface area contributed by atoms with Gasteiger partial charge in [0.05, 0.1) is 11.6 Å². The summed E-state index contributed by atoms with van der Waals surface area (Å²) >= 11 is 7.33. The molecule has 0 radical (unpaired) electrons. The molecule has 2 rings (SSSR count). The second kappa shape index (κ2) is 6.58. The first-order valence-corrected chi connectivity index (χ1v) is 6.97. The summed E-state index contributed by atoms with van der Waals surface area (Å²) < 4.78 is 5.52. The summed E-state index contributed by atoms with van der Waals surface area (Å²) in [6.07, 6.45) is 0. The molecule has 0 unspecified atom stereocenters. The number of nitrogens with one attached hydrogen (secondary N) is 1. The van der Waals surface area contributed by atoms with E-state index in [-0.39, 0.29) is 5.56 Å². The van der Waals surface area contributed by atoms with E-state index in [1.165, 1.54) is 11.8 Å². The van der Waals surface area contributed by atoms with Gasteiger partial charge >= 0.3 is 0 Å². The minimum atomic E-state index is -0.218. The Hall–Kier alpha value is -1.53. The Morgan fingerprint density at radius 3 is 2.89 bits per heavy atom. The maximum Gasteiger partial charge on any atom is 0.273 e. The van der Waals surface area contributed by atoms with Crippen molar-refractivity contribution in [3.8, 4) is 5.75 Å². The molecule has 100 valence electrons. The Balaban J connectivity index is 1.82. The largest absolute Gasteiger partial charge is 0.491 e. The molecular formula is C12H12ClN3O2S. The van der Waals surface area contributed by atoms with E-state index in [2.05, 4.69) is 15.2 Å². The average molecular weight is 298 g/mol. The zero-order valence-electron chi connectivity index (χ0n) is 10.2. The van der Waals surface area contributed by atoms with Gasteiger partial charge in [0, 0.05) is 5.75 Å². The molecule has 0 aliphatic rings. The highest BCUT2D eigenvalue weighted by atomic mass is 35.5. The van der Waals surface area contributed by atoms with Gasteiger partial charge < -0.3 is 4.74 Å². The molecular weight excluding hydrogens is 286 g/mol. The number of thioether (sulfide) groups is 1. The van der Waals surface area contributed by atoms with Gasteiger partial charge in [-0.25, -0.2) is 0 Å². The number of ether oxygens (including phenoxy) is 1. The van der Waals surface area contributed by atoms with Gasteiger partial charge in [0.2, 0.25) is 0 Å². The Bertz CT molecular complexity index is 618. The van der Waals surface area contributed by atoms with Crippen molar-refractivity contribution in [2.45, 2.75) is 12.1 Å². The van der Waals surface area contributed by atoms with Gasteiger partial charge in [-0.3, -0.25) is 9.78 Å². The van der Waals surface area contributed by atoms with Crippen LogP contribution in [0.4, 0.5) is 0 Å². The number of hydrogen-bond donors (Lipinski definition) is 1. The lowest BCUT2D eigenvalue weighted by Crippen LogP contribution is -2.14. The highest BCUT2D eigenvalue weighted by Crippen LogP contribution is 2.23. The minimum Gasteiger partial charge on any atom is -0.491 e. The van der Waals surface area contributed by atoms with Gasteiger partial charge in [0.25, 0.3) is 5.56 Å². The monoisotopic (exact) mass is 297 g/mol. The molecule has 0 aliphatic heterocycles. The van der Waals surface area contributed by atoms with Crippen LogP contribution in [0.1, 0.15) is 5.69 Å². The van der Waals surface area contributed by atoms with Gasteiger partial charge in [-0.15, -0.1) is 10.2 Å². The van der Waals surface area contributed by atoms with Crippen molar-refractivity contribution in [3.05, 3.63) is 45.3 Å². The topological polar surface area (TPSA) is 67.9 Å². The quantitative estimate of drug-likeness (QED) is 0.677. The molecule has 0 atom stereocenters. The predicted octanol–water partition coefficient (Wildman–Crippen LogP) is 2.30. The fraction of sp³-hybridized carbons (Fsp3) is 0.250. The summed E-state index contributed by atoms with van der Waals surface area (Å²) in [7, 11) is 0. The second-order valence-electron chi connectivity index (χ2n) is 3.67. The predicted molar refractivity (Wildman–Crippen MR) is 75.1 cm³/mol. The zero-order valence-corrected chi connectivity index (χ0v) is 11.8. The van der Waals surface area contributed by atoms with Crippen molar-refractivity contribution in [2.24, 2.45) is 0 Å². The Kier molecular flexibility index (Phi) is 4.81. The van der Waals surface area contributed by atoms with Crippen LogP contribution in [0.2, 0.25) is 5.02 Å².